The normalized spacial score (nSPS) is 30.5. The van der Waals surface area contributed by atoms with Gasteiger partial charge < -0.3 is 20.1 Å². The quantitative estimate of drug-likeness (QED) is 0.822. The fourth-order valence-corrected chi connectivity index (χ4v) is 3.91. The Bertz CT molecular complexity index is 460. The molecule has 2 fully saturated rings. The van der Waals surface area contributed by atoms with Crippen LogP contribution in [0.3, 0.4) is 0 Å². The lowest BCUT2D eigenvalue weighted by atomic mass is 9.94. The van der Waals surface area contributed by atoms with Gasteiger partial charge in [-0.1, -0.05) is 13.3 Å². The lowest BCUT2D eigenvalue weighted by molar-refractivity contribution is -0.138. The molecule has 0 aromatic heterocycles. The zero-order valence-corrected chi connectivity index (χ0v) is 15.4. The second-order valence-electron chi connectivity index (χ2n) is 8.23. The molecule has 2 aliphatic rings. The van der Waals surface area contributed by atoms with E-state index < -0.39 is 11.7 Å². The van der Waals surface area contributed by atoms with Crippen LogP contribution in [0.25, 0.3) is 0 Å². The lowest BCUT2D eigenvalue weighted by Gasteiger charge is -2.30. The highest BCUT2D eigenvalue weighted by atomic mass is 16.6. The van der Waals surface area contributed by atoms with E-state index in [2.05, 4.69) is 12.2 Å². The van der Waals surface area contributed by atoms with E-state index in [-0.39, 0.29) is 30.4 Å². The Hall–Kier alpha value is -1.30. The van der Waals surface area contributed by atoms with Gasteiger partial charge in [0, 0.05) is 19.0 Å². The molecule has 6 nitrogen and oxygen atoms in total. The van der Waals surface area contributed by atoms with Crippen molar-refractivity contribution in [3.8, 4) is 0 Å². The average Bonchev–Trinajstić information content (AvgIpc) is 3.08. The Morgan fingerprint density at radius 2 is 1.96 bits per heavy atom. The summed E-state index contributed by atoms with van der Waals surface area (Å²) in [5, 5.41) is 12.4. The second kappa shape index (κ2) is 7.72. The van der Waals surface area contributed by atoms with Gasteiger partial charge in [0.1, 0.15) is 5.60 Å². The van der Waals surface area contributed by atoms with Crippen LogP contribution in [0.5, 0.6) is 0 Å². The molecule has 0 unspecified atom stereocenters. The summed E-state index contributed by atoms with van der Waals surface area (Å²) in [6.45, 7) is 8.81. The molecule has 0 aromatic carbocycles. The lowest BCUT2D eigenvalue weighted by Crippen LogP contribution is -2.45. The first-order chi connectivity index (χ1) is 11.2. The van der Waals surface area contributed by atoms with Crippen molar-refractivity contribution in [2.45, 2.75) is 65.0 Å². The fourth-order valence-electron chi connectivity index (χ4n) is 3.91. The number of alkyl carbamates (subject to hydrolysis) is 1. The predicted molar refractivity (Wildman–Crippen MR) is 91.4 cm³/mol. The summed E-state index contributed by atoms with van der Waals surface area (Å²) in [6, 6.07) is -0.0578. The molecule has 2 rings (SSSR count). The van der Waals surface area contributed by atoms with Gasteiger partial charge in [0.2, 0.25) is 5.91 Å². The maximum atomic E-state index is 12.9. The number of carbonyl (C=O) groups is 2. The molecule has 0 spiro atoms. The van der Waals surface area contributed by atoms with Crippen molar-refractivity contribution >= 4 is 12.0 Å². The number of nitrogens with zero attached hydrogens (tertiary/aromatic N) is 1. The third kappa shape index (κ3) is 4.62. The van der Waals surface area contributed by atoms with Gasteiger partial charge >= 0.3 is 6.09 Å². The Labute approximate surface area is 144 Å². The van der Waals surface area contributed by atoms with E-state index in [9.17, 15) is 14.7 Å². The molecule has 138 valence electrons. The highest BCUT2D eigenvalue weighted by molar-refractivity contribution is 5.80. The van der Waals surface area contributed by atoms with Crippen molar-refractivity contribution in [2.75, 3.05) is 19.7 Å². The first-order valence-corrected chi connectivity index (χ1v) is 9.11. The van der Waals surface area contributed by atoms with Gasteiger partial charge in [-0.3, -0.25) is 4.79 Å². The Morgan fingerprint density at radius 1 is 1.25 bits per heavy atom. The minimum Gasteiger partial charge on any atom is -0.444 e. The molecule has 4 atom stereocenters. The molecule has 1 heterocycles. The van der Waals surface area contributed by atoms with Crippen LogP contribution in [-0.4, -0.2) is 53.3 Å². The molecule has 24 heavy (non-hydrogen) atoms. The standard InChI is InChI=1S/C18H32N2O4/c1-12-8-9-20(15(12)11-21)16(22)14-7-5-6-13(14)10-19-17(23)24-18(2,3)4/h12-15,21H,5-11H2,1-4H3,(H,19,23)/t12-,13-,14-,15+/m1/s1. The van der Waals surface area contributed by atoms with Crippen molar-refractivity contribution in [2.24, 2.45) is 17.8 Å². The molecule has 0 aromatic rings. The molecule has 2 amide bonds. The van der Waals surface area contributed by atoms with E-state index >= 15 is 0 Å². The molecule has 6 heteroatoms. The Balaban J connectivity index is 1.90. The monoisotopic (exact) mass is 340 g/mol. The minimum atomic E-state index is -0.519. The van der Waals surface area contributed by atoms with Crippen LogP contribution in [-0.2, 0) is 9.53 Å². The largest absolute Gasteiger partial charge is 0.444 e. The number of aliphatic hydroxyl groups is 1. The van der Waals surface area contributed by atoms with E-state index in [4.69, 9.17) is 4.74 Å². The molecular weight excluding hydrogens is 308 g/mol. The number of rotatable bonds is 4. The van der Waals surface area contributed by atoms with Gasteiger partial charge in [0.05, 0.1) is 12.6 Å². The molecule has 0 bridgehead atoms. The molecule has 1 saturated carbocycles. The van der Waals surface area contributed by atoms with Crippen molar-refractivity contribution in [3.63, 3.8) is 0 Å². The first-order valence-electron chi connectivity index (χ1n) is 9.11. The van der Waals surface area contributed by atoms with Crippen LogP contribution in [0.2, 0.25) is 0 Å². The number of nitrogens with one attached hydrogen (secondary N) is 1. The second-order valence-corrected chi connectivity index (χ2v) is 8.23. The zero-order chi connectivity index (χ0) is 17.9. The SMILES string of the molecule is C[C@@H]1CCN(C(=O)[C@@H]2CCC[C@@H]2CNC(=O)OC(C)(C)C)[C@H]1CO. The van der Waals surface area contributed by atoms with Crippen molar-refractivity contribution in [1.82, 2.24) is 10.2 Å². The summed E-state index contributed by atoms with van der Waals surface area (Å²) in [7, 11) is 0. The third-order valence-corrected chi connectivity index (χ3v) is 5.24. The Kier molecular flexibility index (Phi) is 6.12. The maximum Gasteiger partial charge on any atom is 0.407 e. The van der Waals surface area contributed by atoms with Crippen LogP contribution in [0.15, 0.2) is 0 Å². The number of ether oxygens (including phenoxy) is 1. The molecule has 1 aliphatic carbocycles. The van der Waals surface area contributed by atoms with E-state index in [1.807, 2.05) is 25.7 Å². The van der Waals surface area contributed by atoms with Gasteiger partial charge in [-0.15, -0.1) is 0 Å². The van der Waals surface area contributed by atoms with E-state index in [1.165, 1.54) is 0 Å². The molecule has 0 radical (unpaired) electrons. The topological polar surface area (TPSA) is 78.9 Å². The number of likely N-dealkylation sites (tertiary alicyclic amines) is 1. The van der Waals surface area contributed by atoms with E-state index in [0.717, 1.165) is 32.2 Å². The van der Waals surface area contributed by atoms with Crippen LogP contribution in [0.4, 0.5) is 4.79 Å². The summed E-state index contributed by atoms with van der Waals surface area (Å²) in [5.74, 6) is 0.588. The summed E-state index contributed by atoms with van der Waals surface area (Å²) in [5.41, 5.74) is -0.519. The molecule has 2 N–H and O–H groups in total. The molecular formula is C18H32N2O4. The van der Waals surface area contributed by atoms with Crippen molar-refractivity contribution in [3.05, 3.63) is 0 Å². The number of aliphatic hydroxyl groups excluding tert-OH is 1. The summed E-state index contributed by atoms with van der Waals surface area (Å²) < 4.78 is 5.26. The van der Waals surface area contributed by atoms with Gasteiger partial charge in [-0.05, 0) is 51.9 Å². The van der Waals surface area contributed by atoms with Crippen molar-refractivity contribution in [1.29, 1.82) is 0 Å². The smallest absolute Gasteiger partial charge is 0.407 e. The van der Waals surface area contributed by atoms with Crippen LogP contribution in [0.1, 0.15) is 53.4 Å². The number of hydrogen-bond donors (Lipinski definition) is 2. The predicted octanol–water partition coefficient (Wildman–Crippen LogP) is 2.16. The first kappa shape index (κ1) is 19.0. The number of amides is 2. The van der Waals surface area contributed by atoms with Crippen LogP contribution >= 0.6 is 0 Å². The average molecular weight is 340 g/mol. The van der Waals surface area contributed by atoms with Crippen molar-refractivity contribution < 1.29 is 19.4 Å². The fraction of sp³-hybridized carbons (Fsp3) is 0.889. The van der Waals surface area contributed by atoms with Crippen LogP contribution < -0.4 is 5.32 Å². The summed E-state index contributed by atoms with van der Waals surface area (Å²) in [6.07, 6.45) is 3.33. The van der Waals surface area contributed by atoms with Gasteiger partial charge in [0.15, 0.2) is 0 Å². The van der Waals surface area contributed by atoms with Crippen LogP contribution in [0, 0.1) is 17.8 Å². The van der Waals surface area contributed by atoms with Gasteiger partial charge in [-0.2, -0.15) is 0 Å². The molecule has 1 saturated heterocycles. The zero-order valence-electron chi connectivity index (χ0n) is 15.4. The highest BCUT2D eigenvalue weighted by Gasteiger charge is 2.41. The third-order valence-electron chi connectivity index (χ3n) is 5.24. The maximum absolute atomic E-state index is 12.9. The van der Waals surface area contributed by atoms with E-state index in [1.54, 1.807) is 0 Å². The Morgan fingerprint density at radius 3 is 2.58 bits per heavy atom. The van der Waals surface area contributed by atoms with Gasteiger partial charge in [0.25, 0.3) is 0 Å². The highest BCUT2D eigenvalue weighted by Crippen LogP contribution is 2.35. The number of carbonyl (C=O) groups excluding carboxylic acids is 2. The number of hydrogen-bond acceptors (Lipinski definition) is 4. The minimum absolute atomic E-state index is 0.0282. The summed E-state index contributed by atoms with van der Waals surface area (Å²) >= 11 is 0. The van der Waals surface area contributed by atoms with E-state index in [0.29, 0.717) is 12.5 Å². The molecule has 1 aliphatic heterocycles. The van der Waals surface area contributed by atoms with Gasteiger partial charge in [-0.25, -0.2) is 4.79 Å². The summed E-state index contributed by atoms with van der Waals surface area (Å²) in [4.78, 5) is 26.6.